The fraction of sp³-hybridized carbons (Fsp3) is 0.280. The molecule has 28 heavy (non-hydrogen) atoms. The Labute approximate surface area is 165 Å². The number of ether oxygens (including phenoxy) is 1. The van der Waals surface area contributed by atoms with Crippen molar-refractivity contribution < 1.29 is 13.5 Å². The van der Waals surface area contributed by atoms with E-state index in [0.717, 1.165) is 17.2 Å². The lowest BCUT2D eigenvalue weighted by molar-refractivity contribution is 0.340. The van der Waals surface area contributed by atoms with Crippen molar-refractivity contribution in [3.63, 3.8) is 0 Å². The maximum Gasteiger partial charge on any atom is 0.166 e. The van der Waals surface area contributed by atoms with Gasteiger partial charge in [-0.3, -0.25) is 0 Å². The van der Waals surface area contributed by atoms with E-state index in [0.29, 0.717) is 12.4 Å². The third-order valence-corrected chi connectivity index (χ3v) is 4.84. The van der Waals surface area contributed by atoms with E-state index in [4.69, 9.17) is 4.74 Å². The summed E-state index contributed by atoms with van der Waals surface area (Å²) in [5.41, 5.74) is 1.73. The summed E-state index contributed by atoms with van der Waals surface area (Å²) in [4.78, 5) is 0. The van der Waals surface area contributed by atoms with Crippen LogP contribution in [0, 0.1) is 0 Å². The van der Waals surface area contributed by atoms with E-state index < -0.39 is 11.7 Å². The van der Waals surface area contributed by atoms with Crippen LogP contribution in [0.15, 0.2) is 60.7 Å². The Balaban J connectivity index is 1.84. The molecule has 1 nitrogen and oxygen atoms in total. The van der Waals surface area contributed by atoms with Crippen LogP contribution in [-0.4, -0.2) is 6.61 Å². The first-order valence-corrected chi connectivity index (χ1v) is 9.94. The molecule has 0 N–H and O–H groups in total. The van der Waals surface area contributed by atoms with Gasteiger partial charge >= 0.3 is 0 Å². The number of rotatable bonds is 8. The van der Waals surface area contributed by atoms with Gasteiger partial charge in [0.2, 0.25) is 0 Å². The average molecular weight is 380 g/mol. The lowest BCUT2D eigenvalue weighted by Crippen LogP contribution is -1.91. The Bertz CT molecular complexity index is 958. The normalized spacial score (nSPS) is 12.1. The van der Waals surface area contributed by atoms with Crippen LogP contribution >= 0.6 is 0 Å². The van der Waals surface area contributed by atoms with E-state index in [9.17, 15) is 8.78 Å². The SMILES string of the molecule is CCCCCc1ccc2cc(C(F)=C(F)c3ccc(OCC)cc3)ccc2c1. The van der Waals surface area contributed by atoms with Gasteiger partial charge in [-0.2, -0.15) is 0 Å². The molecule has 0 aliphatic heterocycles. The highest BCUT2D eigenvalue weighted by molar-refractivity contribution is 5.90. The summed E-state index contributed by atoms with van der Waals surface area (Å²) in [5, 5.41) is 1.96. The van der Waals surface area contributed by atoms with Gasteiger partial charge in [-0.25, -0.2) is 8.78 Å². The first-order chi connectivity index (χ1) is 13.6. The van der Waals surface area contributed by atoms with E-state index in [2.05, 4.69) is 19.1 Å². The predicted octanol–water partition coefficient (Wildman–Crippen LogP) is 7.74. The van der Waals surface area contributed by atoms with Crippen molar-refractivity contribution in [1.82, 2.24) is 0 Å². The van der Waals surface area contributed by atoms with Crippen LogP contribution in [0.2, 0.25) is 0 Å². The molecule has 3 heteroatoms. The lowest BCUT2D eigenvalue weighted by atomic mass is 10.00. The summed E-state index contributed by atoms with van der Waals surface area (Å²) in [7, 11) is 0. The van der Waals surface area contributed by atoms with Crippen LogP contribution in [0.5, 0.6) is 5.75 Å². The molecular weight excluding hydrogens is 354 g/mol. The summed E-state index contributed by atoms with van der Waals surface area (Å²) >= 11 is 0. The molecule has 3 aromatic rings. The van der Waals surface area contributed by atoms with Gasteiger partial charge in [-0.1, -0.05) is 50.1 Å². The molecule has 3 aromatic carbocycles. The van der Waals surface area contributed by atoms with E-state index in [1.165, 1.54) is 37.0 Å². The van der Waals surface area contributed by atoms with Gasteiger partial charge in [0.25, 0.3) is 0 Å². The first-order valence-electron chi connectivity index (χ1n) is 9.94. The second-order valence-electron chi connectivity index (χ2n) is 6.94. The van der Waals surface area contributed by atoms with Gasteiger partial charge in [0.1, 0.15) is 5.75 Å². The van der Waals surface area contributed by atoms with Gasteiger partial charge in [0, 0.05) is 11.1 Å². The average Bonchev–Trinajstić information content (AvgIpc) is 2.73. The third-order valence-electron chi connectivity index (χ3n) is 4.84. The highest BCUT2D eigenvalue weighted by atomic mass is 19.2. The van der Waals surface area contributed by atoms with Crippen LogP contribution < -0.4 is 4.74 Å². The molecule has 0 unspecified atom stereocenters. The van der Waals surface area contributed by atoms with Crippen molar-refractivity contribution in [1.29, 1.82) is 0 Å². The van der Waals surface area contributed by atoms with Crippen LogP contribution in [0.4, 0.5) is 8.78 Å². The quantitative estimate of drug-likeness (QED) is 0.287. The molecule has 0 radical (unpaired) electrons. The summed E-state index contributed by atoms with van der Waals surface area (Å²) < 4.78 is 34.7. The molecule has 3 rings (SSSR count). The largest absolute Gasteiger partial charge is 0.494 e. The minimum absolute atomic E-state index is 0.201. The lowest BCUT2D eigenvalue weighted by Gasteiger charge is -2.07. The Morgan fingerprint density at radius 3 is 2.11 bits per heavy atom. The summed E-state index contributed by atoms with van der Waals surface area (Å²) in [6.45, 7) is 4.60. The highest BCUT2D eigenvalue weighted by Gasteiger charge is 2.12. The number of benzene rings is 3. The number of unbranched alkanes of at least 4 members (excludes halogenated alkanes) is 2. The number of aryl methyl sites for hydroxylation is 1. The predicted molar refractivity (Wildman–Crippen MR) is 114 cm³/mol. The zero-order valence-corrected chi connectivity index (χ0v) is 16.5. The molecule has 0 fully saturated rings. The van der Waals surface area contributed by atoms with Crippen LogP contribution in [0.3, 0.4) is 0 Å². The first kappa shape index (κ1) is 20.1. The number of halogens is 2. The molecule has 0 aromatic heterocycles. The van der Waals surface area contributed by atoms with Crippen molar-refractivity contribution in [2.24, 2.45) is 0 Å². The zero-order chi connectivity index (χ0) is 19.9. The Hall–Kier alpha value is -2.68. The van der Waals surface area contributed by atoms with E-state index >= 15 is 0 Å². The van der Waals surface area contributed by atoms with Gasteiger partial charge in [-0.15, -0.1) is 0 Å². The molecule has 0 saturated heterocycles. The molecule has 0 amide bonds. The maximum absolute atomic E-state index is 14.7. The Morgan fingerprint density at radius 1 is 0.750 bits per heavy atom. The summed E-state index contributed by atoms with van der Waals surface area (Å²) in [6, 6.07) is 17.8. The molecular formula is C25H26F2O. The Kier molecular flexibility index (Phi) is 6.80. The molecule has 0 spiro atoms. The van der Waals surface area contributed by atoms with E-state index in [1.54, 1.807) is 24.3 Å². The number of fused-ring (bicyclic) bond motifs is 1. The highest BCUT2D eigenvalue weighted by Crippen LogP contribution is 2.31. The maximum atomic E-state index is 14.7. The number of hydrogen-bond acceptors (Lipinski definition) is 1. The smallest absolute Gasteiger partial charge is 0.166 e. The molecule has 0 heterocycles. The van der Waals surface area contributed by atoms with Gasteiger partial charge in [-0.05, 0) is 66.4 Å². The van der Waals surface area contributed by atoms with E-state index in [-0.39, 0.29) is 11.1 Å². The minimum atomic E-state index is -0.862. The molecule has 0 aliphatic carbocycles. The summed E-state index contributed by atoms with van der Waals surface area (Å²) in [6.07, 6.45) is 4.64. The van der Waals surface area contributed by atoms with Crippen molar-refractivity contribution in [3.05, 3.63) is 77.4 Å². The molecule has 0 atom stereocenters. The molecule has 0 aliphatic rings. The van der Waals surface area contributed by atoms with Gasteiger partial charge < -0.3 is 4.74 Å². The number of hydrogen-bond donors (Lipinski definition) is 0. The minimum Gasteiger partial charge on any atom is -0.494 e. The fourth-order valence-corrected chi connectivity index (χ4v) is 3.28. The van der Waals surface area contributed by atoms with E-state index in [1.807, 2.05) is 19.1 Å². The van der Waals surface area contributed by atoms with Gasteiger partial charge in [0.05, 0.1) is 6.61 Å². The Morgan fingerprint density at radius 2 is 1.39 bits per heavy atom. The van der Waals surface area contributed by atoms with Crippen LogP contribution in [0.25, 0.3) is 22.4 Å². The van der Waals surface area contributed by atoms with Crippen molar-refractivity contribution in [3.8, 4) is 5.75 Å². The standard InChI is InChI=1S/C25H26F2O/c1-3-5-6-7-18-8-9-21-17-22(11-10-20(21)16-18)25(27)24(26)19-12-14-23(15-13-19)28-4-2/h8-17H,3-7H2,1-2H3. The second-order valence-corrected chi connectivity index (χ2v) is 6.94. The van der Waals surface area contributed by atoms with Crippen molar-refractivity contribution in [2.45, 2.75) is 39.5 Å². The van der Waals surface area contributed by atoms with Crippen LogP contribution in [0.1, 0.15) is 49.8 Å². The van der Waals surface area contributed by atoms with Crippen LogP contribution in [-0.2, 0) is 6.42 Å². The fourth-order valence-electron chi connectivity index (χ4n) is 3.28. The second kappa shape index (κ2) is 9.50. The third kappa shape index (κ3) is 4.78. The summed E-state index contributed by atoms with van der Waals surface area (Å²) in [5.74, 6) is -1.07. The topological polar surface area (TPSA) is 9.23 Å². The zero-order valence-electron chi connectivity index (χ0n) is 16.5. The monoisotopic (exact) mass is 380 g/mol. The van der Waals surface area contributed by atoms with Crippen molar-refractivity contribution in [2.75, 3.05) is 6.61 Å². The molecule has 146 valence electrons. The van der Waals surface area contributed by atoms with Gasteiger partial charge in [0.15, 0.2) is 11.7 Å². The molecule has 0 bridgehead atoms. The van der Waals surface area contributed by atoms with Crippen molar-refractivity contribution >= 4 is 22.4 Å². The molecule has 0 saturated carbocycles.